The van der Waals surface area contributed by atoms with Gasteiger partial charge >= 0.3 is 0 Å². The fourth-order valence-corrected chi connectivity index (χ4v) is 2.06. The third kappa shape index (κ3) is 2.19. The van der Waals surface area contributed by atoms with Crippen LogP contribution in [0.25, 0.3) is 0 Å². The van der Waals surface area contributed by atoms with Gasteiger partial charge in [-0.1, -0.05) is 0 Å². The maximum absolute atomic E-state index is 12.1. The van der Waals surface area contributed by atoms with E-state index >= 15 is 0 Å². The number of ketones is 1. The molecule has 1 aliphatic heterocycles. The maximum atomic E-state index is 12.1. The molecule has 5 nitrogen and oxygen atoms in total. The third-order valence-electron chi connectivity index (χ3n) is 3.06. The second-order valence-electron chi connectivity index (χ2n) is 4.24. The van der Waals surface area contributed by atoms with Crippen molar-refractivity contribution in [3.05, 3.63) is 17.7 Å². The maximum Gasteiger partial charge on any atom is 0.201 e. The van der Waals surface area contributed by atoms with E-state index in [9.17, 15) is 20.1 Å². The van der Waals surface area contributed by atoms with Gasteiger partial charge in [0.25, 0.3) is 0 Å². The molecule has 2 rings (SSSR count). The highest BCUT2D eigenvalue weighted by Crippen LogP contribution is 2.38. The average molecular weight is 237 g/mol. The highest BCUT2D eigenvalue weighted by atomic mass is 16.3. The van der Waals surface area contributed by atoms with Crippen LogP contribution in [-0.4, -0.2) is 34.2 Å². The zero-order chi connectivity index (χ0) is 12.4. The van der Waals surface area contributed by atoms with Crippen molar-refractivity contribution in [2.45, 2.75) is 12.8 Å². The summed E-state index contributed by atoms with van der Waals surface area (Å²) in [5.74, 6) is -2.00. The molecular formula is C12H15NO4. The molecule has 92 valence electrons. The Morgan fingerprint density at radius 2 is 2.00 bits per heavy atom. The second-order valence-corrected chi connectivity index (χ2v) is 4.24. The van der Waals surface area contributed by atoms with Crippen molar-refractivity contribution in [1.82, 2.24) is 5.32 Å². The molecule has 0 aromatic heterocycles. The summed E-state index contributed by atoms with van der Waals surface area (Å²) in [5, 5.41) is 31.3. The van der Waals surface area contributed by atoms with E-state index < -0.39 is 17.2 Å². The van der Waals surface area contributed by atoms with Gasteiger partial charge in [-0.3, -0.25) is 4.79 Å². The van der Waals surface area contributed by atoms with Gasteiger partial charge in [-0.2, -0.15) is 0 Å². The van der Waals surface area contributed by atoms with Crippen LogP contribution in [0.1, 0.15) is 23.2 Å². The Kier molecular flexibility index (Phi) is 3.19. The molecule has 1 heterocycles. The number of aromatic hydroxyl groups is 3. The summed E-state index contributed by atoms with van der Waals surface area (Å²) in [6, 6.07) is 2.54. The van der Waals surface area contributed by atoms with Crippen LogP contribution in [-0.2, 0) is 0 Å². The number of nitrogens with one attached hydrogen (secondary N) is 1. The minimum absolute atomic E-state index is 0.0639. The molecule has 0 saturated carbocycles. The highest BCUT2D eigenvalue weighted by molar-refractivity contribution is 6.01. The molecule has 0 aliphatic carbocycles. The number of piperidine rings is 1. The molecule has 17 heavy (non-hydrogen) atoms. The van der Waals surface area contributed by atoms with Crippen molar-refractivity contribution in [3.8, 4) is 17.2 Å². The first kappa shape index (κ1) is 11.7. The van der Waals surface area contributed by atoms with Gasteiger partial charge in [0.2, 0.25) is 5.75 Å². The molecule has 1 saturated heterocycles. The van der Waals surface area contributed by atoms with Crippen LogP contribution in [0.3, 0.4) is 0 Å². The SMILES string of the molecule is O=C(c1ccc(O)c(O)c1O)C1CCCNC1. The van der Waals surface area contributed by atoms with Crippen molar-refractivity contribution < 1.29 is 20.1 Å². The average Bonchev–Trinajstić information content (AvgIpc) is 2.36. The van der Waals surface area contributed by atoms with Crippen LogP contribution < -0.4 is 5.32 Å². The predicted molar refractivity (Wildman–Crippen MR) is 61.4 cm³/mol. The molecule has 1 aromatic rings. The van der Waals surface area contributed by atoms with Crippen molar-refractivity contribution in [2.24, 2.45) is 5.92 Å². The monoisotopic (exact) mass is 237 g/mol. The molecule has 0 radical (unpaired) electrons. The number of rotatable bonds is 2. The Morgan fingerprint density at radius 3 is 2.65 bits per heavy atom. The Balaban J connectivity index is 2.27. The molecule has 0 bridgehead atoms. The molecule has 1 unspecified atom stereocenters. The fourth-order valence-electron chi connectivity index (χ4n) is 2.06. The van der Waals surface area contributed by atoms with Crippen molar-refractivity contribution in [1.29, 1.82) is 0 Å². The first-order valence-electron chi connectivity index (χ1n) is 5.60. The van der Waals surface area contributed by atoms with E-state index in [1.54, 1.807) is 0 Å². The van der Waals surface area contributed by atoms with Gasteiger partial charge < -0.3 is 20.6 Å². The van der Waals surface area contributed by atoms with E-state index in [-0.39, 0.29) is 17.3 Å². The molecule has 0 spiro atoms. The molecule has 1 atom stereocenters. The lowest BCUT2D eigenvalue weighted by molar-refractivity contribution is 0.0896. The number of phenolic OH excluding ortho intramolecular Hbond substituents is 3. The zero-order valence-corrected chi connectivity index (χ0v) is 9.31. The lowest BCUT2D eigenvalue weighted by Crippen LogP contribution is -2.34. The summed E-state index contributed by atoms with van der Waals surface area (Å²) < 4.78 is 0. The second kappa shape index (κ2) is 4.63. The number of phenols is 3. The van der Waals surface area contributed by atoms with Gasteiger partial charge in [0, 0.05) is 12.5 Å². The minimum atomic E-state index is -0.639. The number of carbonyl (C=O) groups is 1. The van der Waals surface area contributed by atoms with Crippen LogP contribution in [0.4, 0.5) is 0 Å². The van der Waals surface area contributed by atoms with Gasteiger partial charge in [0.05, 0.1) is 5.56 Å². The van der Waals surface area contributed by atoms with E-state index in [1.165, 1.54) is 12.1 Å². The minimum Gasteiger partial charge on any atom is -0.504 e. The van der Waals surface area contributed by atoms with Gasteiger partial charge in [-0.15, -0.1) is 0 Å². The van der Waals surface area contributed by atoms with Crippen molar-refractivity contribution >= 4 is 5.78 Å². The van der Waals surface area contributed by atoms with E-state index in [0.717, 1.165) is 19.4 Å². The summed E-state index contributed by atoms with van der Waals surface area (Å²) in [7, 11) is 0. The molecule has 1 fully saturated rings. The van der Waals surface area contributed by atoms with Crippen LogP contribution in [0.2, 0.25) is 0 Å². The van der Waals surface area contributed by atoms with Gasteiger partial charge in [-0.25, -0.2) is 0 Å². The number of carbonyl (C=O) groups excluding carboxylic acids is 1. The smallest absolute Gasteiger partial charge is 0.201 e. The molecule has 1 aromatic carbocycles. The van der Waals surface area contributed by atoms with E-state index in [0.29, 0.717) is 6.54 Å². The Bertz CT molecular complexity index is 438. The third-order valence-corrected chi connectivity index (χ3v) is 3.06. The number of hydrogen-bond acceptors (Lipinski definition) is 5. The number of hydrogen-bond donors (Lipinski definition) is 4. The van der Waals surface area contributed by atoms with E-state index in [4.69, 9.17) is 0 Å². The van der Waals surface area contributed by atoms with Crippen molar-refractivity contribution in [3.63, 3.8) is 0 Å². The van der Waals surface area contributed by atoms with Crippen LogP contribution in [0.15, 0.2) is 12.1 Å². The number of Topliss-reactive ketones (excluding diaryl/α,β-unsaturated/α-hetero) is 1. The van der Waals surface area contributed by atoms with Gasteiger partial charge in [0.15, 0.2) is 17.3 Å². The van der Waals surface area contributed by atoms with Crippen LogP contribution >= 0.6 is 0 Å². The highest BCUT2D eigenvalue weighted by Gasteiger charge is 2.26. The van der Waals surface area contributed by atoms with E-state index in [1.807, 2.05) is 0 Å². The summed E-state index contributed by atoms with van der Waals surface area (Å²) in [4.78, 5) is 12.1. The van der Waals surface area contributed by atoms with E-state index in [2.05, 4.69) is 5.32 Å². The Hall–Kier alpha value is -1.75. The van der Waals surface area contributed by atoms with Gasteiger partial charge in [0.1, 0.15) is 0 Å². The van der Waals surface area contributed by atoms with Crippen LogP contribution in [0.5, 0.6) is 17.2 Å². The Morgan fingerprint density at radius 1 is 1.24 bits per heavy atom. The first-order valence-corrected chi connectivity index (χ1v) is 5.60. The van der Waals surface area contributed by atoms with Crippen molar-refractivity contribution in [2.75, 3.05) is 13.1 Å². The lowest BCUT2D eigenvalue weighted by atomic mass is 9.90. The topological polar surface area (TPSA) is 89.8 Å². The summed E-state index contributed by atoms with van der Waals surface area (Å²) in [6.45, 7) is 1.48. The predicted octanol–water partition coefficient (Wildman–Crippen LogP) is 0.986. The largest absolute Gasteiger partial charge is 0.504 e. The summed E-state index contributed by atoms with van der Waals surface area (Å²) >= 11 is 0. The Labute approximate surface area is 98.7 Å². The quantitative estimate of drug-likeness (QED) is 0.455. The van der Waals surface area contributed by atoms with Crippen LogP contribution in [0, 0.1) is 5.92 Å². The molecule has 4 N–H and O–H groups in total. The standard InChI is InChI=1S/C12H15NO4/c14-9-4-3-8(11(16)12(9)17)10(15)7-2-1-5-13-6-7/h3-4,7,13-14,16-17H,1-2,5-6H2. The fraction of sp³-hybridized carbons (Fsp3) is 0.417. The molecule has 1 aliphatic rings. The number of benzene rings is 1. The summed E-state index contributed by atoms with van der Waals surface area (Å²) in [5.41, 5.74) is 0.0639. The molecule has 5 heteroatoms. The lowest BCUT2D eigenvalue weighted by Gasteiger charge is -2.22. The zero-order valence-electron chi connectivity index (χ0n) is 9.31. The summed E-state index contributed by atoms with van der Waals surface area (Å²) in [6.07, 6.45) is 1.69. The van der Waals surface area contributed by atoms with Gasteiger partial charge in [-0.05, 0) is 31.5 Å². The molecule has 0 amide bonds. The first-order chi connectivity index (χ1) is 8.11. The normalized spacial score (nSPS) is 20.1. The molecular weight excluding hydrogens is 222 g/mol.